The molecular weight excluding hydrogens is 524 g/mol. The van der Waals surface area contributed by atoms with Crippen LogP contribution in [0.1, 0.15) is 18.1 Å². The van der Waals surface area contributed by atoms with Gasteiger partial charge < -0.3 is 11.5 Å². The summed E-state index contributed by atoms with van der Waals surface area (Å²) in [6.07, 6.45) is 5.01. The van der Waals surface area contributed by atoms with Crippen molar-refractivity contribution in [3.8, 4) is 0 Å². The first-order chi connectivity index (χ1) is 17.9. The summed E-state index contributed by atoms with van der Waals surface area (Å²) in [5.74, 6) is -0.612. The zero-order chi connectivity index (χ0) is 27.6. The minimum atomic E-state index is -4.24. The highest BCUT2D eigenvalue weighted by Gasteiger charge is 2.37. The van der Waals surface area contributed by atoms with Crippen LogP contribution < -0.4 is 11.5 Å². The van der Waals surface area contributed by atoms with Gasteiger partial charge in [-0.1, -0.05) is 57.9 Å². The quantitative estimate of drug-likeness (QED) is 0.305. The molecule has 1 aliphatic carbocycles. The second-order valence-corrected chi connectivity index (χ2v) is 12.0. The minimum Gasteiger partial charge on any atom is -0.399 e. The lowest BCUT2D eigenvalue weighted by molar-refractivity contribution is 0.406. The van der Waals surface area contributed by atoms with Gasteiger partial charge in [-0.25, -0.2) is 0 Å². The van der Waals surface area contributed by atoms with Gasteiger partial charge in [0.15, 0.2) is 0 Å². The molecule has 0 heterocycles. The first-order valence-corrected chi connectivity index (χ1v) is 14.4. The first-order valence-electron chi connectivity index (χ1n) is 11.5. The molecule has 3 aromatic carbocycles. The summed E-state index contributed by atoms with van der Waals surface area (Å²) in [4.78, 5) is -0.249. The van der Waals surface area contributed by atoms with Gasteiger partial charge in [0.2, 0.25) is 5.66 Å². The number of nitrogen functional groups attached to an aromatic ring is 2. The van der Waals surface area contributed by atoms with Gasteiger partial charge in [-0.2, -0.15) is 16.8 Å². The second kappa shape index (κ2) is 10.3. The van der Waals surface area contributed by atoms with Crippen molar-refractivity contribution < 1.29 is 16.8 Å². The van der Waals surface area contributed by atoms with Crippen LogP contribution in [-0.2, 0) is 20.0 Å². The van der Waals surface area contributed by atoms with E-state index in [9.17, 15) is 16.8 Å². The zero-order valence-electron chi connectivity index (χ0n) is 20.6. The van der Waals surface area contributed by atoms with Crippen LogP contribution in [0.2, 0.25) is 0 Å². The Morgan fingerprint density at radius 3 is 1.71 bits per heavy atom. The molecule has 0 radical (unpaired) electrons. The average molecular weight is 551 g/mol. The van der Waals surface area contributed by atoms with Gasteiger partial charge in [-0.3, -0.25) is 0 Å². The number of nitrogens with two attached hydrogens (primary N) is 2. The Balaban J connectivity index is 1.76. The first kappa shape index (κ1) is 26.9. The third-order valence-electron chi connectivity index (χ3n) is 5.93. The van der Waals surface area contributed by atoms with Crippen LogP contribution in [-0.4, -0.2) is 22.5 Å². The molecule has 0 amide bonds. The van der Waals surface area contributed by atoms with Crippen LogP contribution >= 0.6 is 0 Å². The Bertz CT molecular complexity index is 1590. The number of anilines is 2. The van der Waals surface area contributed by atoms with E-state index in [1.54, 1.807) is 13.0 Å². The molecule has 12 heteroatoms. The Labute approximate surface area is 221 Å². The topological polar surface area (TPSA) is 170 Å². The third kappa shape index (κ3) is 5.87. The summed E-state index contributed by atoms with van der Waals surface area (Å²) >= 11 is 0. The highest BCUT2D eigenvalue weighted by molar-refractivity contribution is 7.90. The monoisotopic (exact) mass is 550 g/mol. The van der Waals surface area contributed by atoms with Crippen LogP contribution in [0.3, 0.4) is 0 Å². The maximum absolute atomic E-state index is 12.9. The third-order valence-corrected chi connectivity index (χ3v) is 8.26. The van der Waals surface area contributed by atoms with E-state index < -0.39 is 31.6 Å². The number of allylic oxidation sites excluding steroid dienone is 2. The molecule has 0 spiro atoms. The predicted octanol–water partition coefficient (Wildman–Crippen LogP) is 5.13. The van der Waals surface area contributed by atoms with Crippen molar-refractivity contribution in [2.45, 2.75) is 29.3 Å². The number of hydrogen-bond donors (Lipinski definition) is 2. The van der Waals surface area contributed by atoms with E-state index in [4.69, 9.17) is 11.5 Å². The normalized spacial score (nSPS) is 20.2. The zero-order valence-corrected chi connectivity index (χ0v) is 22.3. The fourth-order valence-electron chi connectivity index (χ4n) is 3.71. The molecule has 0 saturated carbocycles. The molecule has 0 aliphatic heterocycles. The lowest BCUT2D eigenvalue weighted by Crippen LogP contribution is -2.31. The van der Waals surface area contributed by atoms with E-state index >= 15 is 0 Å². The van der Waals surface area contributed by atoms with Gasteiger partial charge in [0.25, 0.3) is 20.0 Å². The van der Waals surface area contributed by atoms with Gasteiger partial charge >= 0.3 is 0 Å². The van der Waals surface area contributed by atoms with Gasteiger partial charge in [-0.15, -0.1) is 10.2 Å². The predicted molar refractivity (Wildman–Crippen MR) is 146 cm³/mol. The van der Waals surface area contributed by atoms with Crippen LogP contribution in [0.5, 0.6) is 0 Å². The van der Waals surface area contributed by atoms with Gasteiger partial charge in [-0.05, 0) is 72.7 Å². The molecule has 196 valence electrons. The summed E-state index contributed by atoms with van der Waals surface area (Å²) in [5, 5.41) is 8.10. The molecule has 1 unspecified atom stereocenters. The molecule has 3 aromatic rings. The number of benzene rings is 3. The smallest absolute Gasteiger partial charge is 0.299 e. The average Bonchev–Trinajstić information content (AvgIpc) is 2.88. The summed E-state index contributed by atoms with van der Waals surface area (Å²) in [6.45, 7) is 3.69. The Morgan fingerprint density at radius 2 is 1.26 bits per heavy atom. The molecule has 1 aliphatic rings. The minimum absolute atomic E-state index is 0.125. The van der Waals surface area contributed by atoms with E-state index in [2.05, 4.69) is 19.3 Å². The maximum atomic E-state index is 12.9. The molecular formula is C26H26N6O4S2. The van der Waals surface area contributed by atoms with E-state index in [1.807, 2.05) is 37.3 Å². The Hall–Kier alpha value is -4.16. The van der Waals surface area contributed by atoms with Crippen LogP contribution in [0.25, 0.3) is 5.57 Å². The number of aryl methyl sites for hydroxylation is 1. The number of rotatable bonds is 7. The van der Waals surface area contributed by atoms with Crippen LogP contribution in [0.4, 0.5) is 11.4 Å². The van der Waals surface area contributed by atoms with Crippen molar-refractivity contribution in [2.24, 2.45) is 25.2 Å². The van der Waals surface area contributed by atoms with Crippen molar-refractivity contribution in [1.82, 2.24) is 0 Å². The van der Waals surface area contributed by atoms with Gasteiger partial charge in [0.1, 0.15) is 0 Å². The fourth-order valence-corrected chi connectivity index (χ4v) is 5.33. The largest absolute Gasteiger partial charge is 0.399 e. The Kier molecular flexibility index (Phi) is 7.29. The van der Waals surface area contributed by atoms with Crippen LogP contribution in [0.15, 0.2) is 120 Å². The van der Waals surface area contributed by atoms with E-state index in [0.29, 0.717) is 11.4 Å². The SMILES string of the molecule is Cc1cccc(C2=CC(C)C(N=NS(=O)(=O)c3ccc(N)cc3)(N=NS(=O)(=O)c3ccc(N)cc3)C=C2)c1. The number of nitrogens with zero attached hydrogens (tertiary/aromatic N) is 4. The lowest BCUT2D eigenvalue weighted by atomic mass is 9.85. The van der Waals surface area contributed by atoms with Gasteiger partial charge in [0, 0.05) is 17.3 Å². The summed E-state index contributed by atoms with van der Waals surface area (Å²) in [5.41, 5.74) is 13.2. The number of hydrogen-bond acceptors (Lipinski definition) is 8. The van der Waals surface area contributed by atoms with Gasteiger partial charge in [0.05, 0.1) is 9.79 Å². The van der Waals surface area contributed by atoms with E-state index in [1.165, 1.54) is 54.6 Å². The summed E-state index contributed by atoms with van der Waals surface area (Å²) in [6, 6.07) is 18.7. The molecule has 0 aromatic heterocycles. The molecule has 38 heavy (non-hydrogen) atoms. The molecule has 4 rings (SSSR count). The second-order valence-electron chi connectivity index (χ2n) is 8.85. The van der Waals surface area contributed by atoms with Crippen molar-refractivity contribution in [3.05, 3.63) is 102 Å². The molecule has 0 saturated heterocycles. The van der Waals surface area contributed by atoms with Crippen molar-refractivity contribution in [2.75, 3.05) is 11.5 Å². The summed E-state index contributed by atoms with van der Waals surface area (Å²) in [7, 11) is -8.47. The molecule has 1 atom stereocenters. The fraction of sp³-hybridized carbons (Fsp3) is 0.154. The summed E-state index contributed by atoms with van der Waals surface area (Å²) < 4.78 is 58.7. The molecule has 0 fully saturated rings. The highest BCUT2D eigenvalue weighted by Crippen LogP contribution is 2.37. The van der Waals surface area contributed by atoms with Crippen molar-refractivity contribution >= 4 is 37.0 Å². The molecule has 0 bridgehead atoms. The maximum Gasteiger partial charge on any atom is 0.299 e. The van der Waals surface area contributed by atoms with Crippen molar-refractivity contribution in [3.63, 3.8) is 0 Å². The van der Waals surface area contributed by atoms with Crippen molar-refractivity contribution in [1.29, 1.82) is 0 Å². The highest BCUT2D eigenvalue weighted by atomic mass is 32.2. The van der Waals surface area contributed by atoms with Crippen LogP contribution in [0, 0.1) is 12.8 Å². The molecule has 10 nitrogen and oxygen atoms in total. The standard InChI is InChI=1S/C26H26N6O4S2/c1-18-4-3-5-20(16-18)21-14-15-26(19(2)17-21,29-31-37(33,34)24-10-6-22(27)7-11-24)30-32-38(35,36)25-12-8-23(28)9-13-25/h3-17,19H,27-28H2,1-2H3. The van der Waals surface area contributed by atoms with E-state index in [-0.39, 0.29) is 9.79 Å². The lowest BCUT2D eigenvalue weighted by Gasteiger charge is -2.28. The Morgan fingerprint density at radius 1 is 0.763 bits per heavy atom. The van der Waals surface area contributed by atoms with E-state index in [0.717, 1.165) is 16.7 Å². The number of sulfonamides is 2. The molecule has 4 N–H and O–H groups in total.